The van der Waals surface area contributed by atoms with Crippen LogP contribution < -0.4 is 10.4 Å². The first-order valence-corrected chi connectivity index (χ1v) is 24.8. The Labute approximate surface area is 407 Å². The molecule has 0 spiro atoms. The van der Waals surface area contributed by atoms with Crippen molar-refractivity contribution in [1.29, 1.82) is 0 Å². The van der Waals surface area contributed by atoms with Gasteiger partial charge in [-0.2, -0.15) is 0 Å². The van der Waals surface area contributed by atoms with Crippen molar-refractivity contribution in [3.8, 4) is 28.2 Å². The number of fused-ring (bicyclic) bond motifs is 13. The quantitative estimate of drug-likeness (QED) is 0.161. The summed E-state index contributed by atoms with van der Waals surface area (Å²) in [5.41, 5.74) is 16.5. The molecule has 14 aromatic rings. The summed E-state index contributed by atoms with van der Waals surface area (Å²) >= 11 is 1.87. The first-order valence-electron chi connectivity index (χ1n) is 23.9. The summed E-state index contributed by atoms with van der Waals surface area (Å²) in [4.78, 5) is 3.75. The molecule has 70 heavy (non-hydrogen) atoms. The van der Waals surface area contributed by atoms with Gasteiger partial charge in [0, 0.05) is 78.2 Å². The summed E-state index contributed by atoms with van der Waals surface area (Å²) in [6.45, 7) is -0.188. The molecule has 0 aliphatic carbocycles. The van der Waals surface area contributed by atoms with Crippen LogP contribution in [0.25, 0.3) is 93.6 Å². The first-order chi connectivity index (χ1) is 34.7. The number of benzene rings is 9. The zero-order valence-corrected chi connectivity index (χ0v) is 38.5. The molecule has 0 unspecified atom stereocenters. The van der Waals surface area contributed by atoms with Crippen LogP contribution in [0.3, 0.4) is 0 Å². The number of para-hydroxylation sites is 6. The van der Waals surface area contributed by atoms with Gasteiger partial charge in [-0.15, -0.1) is 0 Å². The Morgan fingerprint density at radius 1 is 0.329 bits per heavy atom. The van der Waals surface area contributed by atoms with Crippen molar-refractivity contribution in [1.82, 2.24) is 22.7 Å². The lowest BCUT2D eigenvalue weighted by Crippen LogP contribution is -2.53. The fraction of sp³-hybridized carbons (Fsp3) is 0. The Morgan fingerprint density at radius 2 is 0.743 bits per heavy atom. The van der Waals surface area contributed by atoms with Gasteiger partial charge in [0.2, 0.25) is 0 Å². The zero-order chi connectivity index (χ0) is 45.6. The fourth-order valence-electron chi connectivity index (χ4n) is 12.0. The molecule has 9 aromatic carbocycles. The highest BCUT2D eigenvalue weighted by Crippen LogP contribution is 2.48. The molecule has 7 heterocycles. The Balaban J connectivity index is 0.998. The molecule has 6 nitrogen and oxygen atoms in total. The molecule has 16 rings (SSSR count). The van der Waals surface area contributed by atoms with Crippen molar-refractivity contribution < 1.29 is 0 Å². The third-order valence-electron chi connectivity index (χ3n) is 14.9. The number of hydrogen-bond donors (Lipinski definition) is 0. The highest BCUT2D eigenvalue weighted by Gasteiger charge is 2.43. The standard InChI is InChI=1S/C62H39BN6S/c1-2-16-40(17-3-1)41-30-32-42(33-31-41)69-58-34-43(66-52-24-10-4-18-46(52)47-19-5-11-25-53(47)66)35-59-62(58)63(64-38-44(36-60(64)69)67-54-26-12-6-20-48(54)49-21-7-13-27-55(49)67)65-39-45(37-61(65)70-59)68-56-28-14-8-22-50(56)51-23-9-15-29-57(51)68/h1-39H. The van der Waals surface area contributed by atoms with E-state index in [1.807, 2.05) is 11.8 Å². The van der Waals surface area contributed by atoms with E-state index in [-0.39, 0.29) is 6.98 Å². The smallest absolute Gasteiger partial charge is 0.360 e. The van der Waals surface area contributed by atoms with Gasteiger partial charge in [-0.05, 0) is 77.9 Å². The maximum atomic E-state index is 2.54. The SMILES string of the molecule is c1ccc(-c2ccc(N3c4cc(-n5c6ccccc6c6ccccc65)cc5c4B(n4cc(-n6c7ccccc7c7ccccc76)cc4S5)n4cc(-n5c6ccccc6c6ccccc65)cc43)cc2)cc1. The maximum Gasteiger partial charge on any atom is 0.424 e. The van der Waals surface area contributed by atoms with Crippen molar-refractivity contribution in [2.45, 2.75) is 9.92 Å². The molecule has 0 radical (unpaired) electrons. The van der Waals surface area contributed by atoms with Gasteiger partial charge >= 0.3 is 6.98 Å². The first kappa shape index (κ1) is 38.2. The molecule has 8 heteroatoms. The van der Waals surface area contributed by atoms with Crippen molar-refractivity contribution in [2.75, 3.05) is 4.90 Å². The lowest BCUT2D eigenvalue weighted by molar-refractivity contribution is 0.954. The van der Waals surface area contributed by atoms with E-state index in [1.54, 1.807) is 0 Å². The second-order valence-corrected chi connectivity index (χ2v) is 19.7. The van der Waals surface area contributed by atoms with E-state index in [1.165, 1.54) is 91.9 Å². The summed E-state index contributed by atoms with van der Waals surface area (Å²) in [5.74, 6) is 1.09. The Bertz CT molecular complexity index is 4310. The van der Waals surface area contributed by atoms with Crippen LogP contribution in [0, 0.1) is 0 Å². The van der Waals surface area contributed by atoms with Crippen LogP contribution >= 0.6 is 11.8 Å². The topological polar surface area (TPSA) is 27.9 Å². The zero-order valence-electron chi connectivity index (χ0n) is 37.7. The van der Waals surface area contributed by atoms with Gasteiger partial charge in [0.15, 0.2) is 0 Å². The van der Waals surface area contributed by atoms with Gasteiger partial charge in [0.1, 0.15) is 5.82 Å². The van der Waals surface area contributed by atoms with Crippen LogP contribution in [0.15, 0.2) is 247 Å². The van der Waals surface area contributed by atoms with Gasteiger partial charge in [-0.3, -0.25) is 4.90 Å². The number of nitrogens with zero attached hydrogens (tertiary/aromatic N) is 6. The molecule has 0 saturated heterocycles. The van der Waals surface area contributed by atoms with Gasteiger partial charge in [-0.1, -0.05) is 163 Å². The number of anilines is 3. The van der Waals surface area contributed by atoms with Gasteiger partial charge in [0.25, 0.3) is 0 Å². The Hall–Kier alpha value is -8.85. The van der Waals surface area contributed by atoms with Gasteiger partial charge in [-0.25, -0.2) is 0 Å². The molecule has 0 N–H and O–H groups in total. The van der Waals surface area contributed by atoms with E-state index in [9.17, 15) is 0 Å². The summed E-state index contributed by atoms with van der Waals surface area (Å²) in [6, 6.07) is 82.5. The highest BCUT2D eigenvalue weighted by atomic mass is 32.2. The average molecular weight is 911 g/mol. The van der Waals surface area contributed by atoms with Crippen molar-refractivity contribution in [3.63, 3.8) is 0 Å². The normalized spacial score (nSPS) is 13.0. The van der Waals surface area contributed by atoms with Crippen LogP contribution in [0.5, 0.6) is 0 Å². The lowest BCUT2D eigenvalue weighted by Gasteiger charge is -2.40. The molecule has 0 bridgehead atoms. The predicted molar refractivity (Wildman–Crippen MR) is 292 cm³/mol. The molecule has 2 aliphatic heterocycles. The predicted octanol–water partition coefficient (Wildman–Crippen LogP) is 15.3. The van der Waals surface area contributed by atoms with Crippen LogP contribution in [0.2, 0.25) is 0 Å². The Morgan fingerprint density at radius 3 is 1.24 bits per heavy atom. The number of aromatic nitrogens is 5. The van der Waals surface area contributed by atoms with Crippen LogP contribution in [-0.4, -0.2) is 29.6 Å². The summed E-state index contributed by atoms with van der Waals surface area (Å²) in [6.07, 6.45) is 4.80. The van der Waals surface area contributed by atoms with E-state index in [0.29, 0.717) is 0 Å². The molecule has 0 atom stereocenters. The second-order valence-electron chi connectivity index (χ2n) is 18.6. The maximum absolute atomic E-state index is 2.54. The third-order valence-corrected chi connectivity index (χ3v) is 16.0. The van der Waals surface area contributed by atoms with Crippen molar-refractivity contribution in [2.24, 2.45) is 0 Å². The molecule has 0 fully saturated rings. The third kappa shape index (κ3) is 5.25. The van der Waals surface area contributed by atoms with Crippen LogP contribution in [0.1, 0.15) is 0 Å². The van der Waals surface area contributed by atoms with Gasteiger partial charge < -0.3 is 22.7 Å². The van der Waals surface area contributed by atoms with Crippen LogP contribution in [-0.2, 0) is 0 Å². The number of hydrogen-bond acceptors (Lipinski definition) is 2. The molecule has 2 aliphatic rings. The van der Waals surface area contributed by atoms with E-state index >= 15 is 0 Å². The summed E-state index contributed by atoms with van der Waals surface area (Å²) < 4.78 is 12.5. The highest BCUT2D eigenvalue weighted by molar-refractivity contribution is 7.99. The molecular formula is C62H39BN6S. The minimum absolute atomic E-state index is 0.188. The van der Waals surface area contributed by atoms with E-state index in [0.717, 1.165) is 34.3 Å². The number of rotatable bonds is 5. The Kier molecular flexibility index (Phi) is 7.82. The lowest BCUT2D eigenvalue weighted by atomic mass is 9.64. The van der Waals surface area contributed by atoms with Gasteiger partial charge in [0.05, 0.1) is 49.5 Å². The molecule has 0 amide bonds. The van der Waals surface area contributed by atoms with Crippen molar-refractivity contribution >= 4 is 107 Å². The van der Waals surface area contributed by atoms with E-state index in [4.69, 9.17) is 0 Å². The average Bonchev–Trinajstić information content (AvgIpc) is 4.25. The second kappa shape index (κ2) is 14.3. The molecule has 326 valence electrons. The molecular weight excluding hydrogens is 872 g/mol. The summed E-state index contributed by atoms with van der Waals surface area (Å²) in [7, 11) is 0. The minimum Gasteiger partial charge on any atom is -0.360 e. The molecule has 5 aromatic heterocycles. The summed E-state index contributed by atoms with van der Waals surface area (Å²) in [5, 5.41) is 8.69. The van der Waals surface area contributed by atoms with Crippen molar-refractivity contribution in [3.05, 3.63) is 237 Å². The van der Waals surface area contributed by atoms with E-state index < -0.39 is 0 Å². The largest absolute Gasteiger partial charge is 0.424 e. The van der Waals surface area contributed by atoms with E-state index in [2.05, 4.69) is 264 Å². The monoisotopic (exact) mass is 910 g/mol. The van der Waals surface area contributed by atoms with Crippen LogP contribution in [0.4, 0.5) is 17.2 Å². The minimum atomic E-state index is -0.188. The molecule has 0 saturated carbocycles. The fourth-order valence-corrected chi connectivity index (χ4v) is 13.2.